The molecule has 0 aliphatic carbocycles. The minimum Gasteiger partial charge on any atom is -0.478 e. The number of nitrogens with one attached hydrogen (secondary N) is 1. The highest BCUT2D eigenvalue weighted by atomic mass is 79.9. The average Bonchev–Trinajstić information content (AvgIpc) is 2.79. The molecule has 1 heterocycles. The van der Waals surface area contributed by atoms with Gasteiger partial charge in [0, 0.05) is 59.4 Å². The lowest BCUT2D eigenvalue weighted by Gasteiger charge is -2.26. The van der Waals surface area contributed by atoms with Gasteiger partial charge < -0.3 is 15.2 Å². The van der Waals surface area contributed by atoms with Gasteiger partial charge in [-0.3, -0.25) is 29.9 Å². The third-order valence-corrected chi connectivity index (χ3v) is 5.93. The molecule has 12 nitrogen and oxygen atoms in total. The van der Waals surface area contributed by atoms with Gasteiger partial charge in [0.05, 0.1) is 34.2 Å². The Labute approximate surface area is 210 Å². The van der Waals surface area contributed by atoms with E-state index in [4.69, 9.17) is 9.84 Å². The largest absolute Gasteiger partial charge is 0.478 e. The third-order valence-electron chi connectivity index (χ3n) is 4.62. The van der Waals surface area contributed by atoms with Crippen LogP contribution < -0.4 is 5.32 Å². The fraction of sp³-hybridized carbons (Fsp3) is 0.300. The van der Waals surface area contributed by atoms with Crippen molar-refractivity contribution in [2.75, 3.05) is 39.4 Å². The first-order chi connectivity index (χ1) is 16.1. The van der Waals surface area contributed by atoms with Crippen molar-refractivity contribution in [2.45, 2.75) is 0 Å². The van der Waals surface area contributed by atoms with E-state index in [1.807, 2.05) is 0 Å². The average molecular weight is 604 g/mol. The van der Waals surface area contributed by atoms with E-state index in [9.17, 15) is 29.8 Å². The lowest BCUT2D eigenvalue weighted by atomic mass is 10.2. The minimum absolute atomic E-state index is 0.00519. The van der Waals surface area contributed by atoms with Crippen LogP contribution in [-0.2, 0) is 4.74 Å². The Kier molecular flexibility index (Phi) is 10.5. The molecular formula is C20H20Br2N4O8. The van der Waals surface area contributed by atoms with Crippen LogP contribution in [0.3, 0.4) is 0 Å². The van der Waals surface area contributed by atoms with Gasteiger partial charge in [0.15, 0.2) is 0 Å². The lowest BCUT2D eigenvalue weighted by molar-refractivity contribution is -0.385. The molecule has 0 spiro atoms. The number of hydrogen-bond donors (Lipinski definition) is 2. The van der Waals surface area contributed by atoms with Crippen LogP contribution in [0.15, 0.2) is 45.3 Å². The predicted molar refractivity (Wildman–Crippen MR) is 128 cm³/mol. The van der Waals surface area contributed by atoms with Crippen molar-refractivity contribution >= 4 is 55.1 Å². The smallest absolute Gasteiger partial charge is 0.336 e. The van der Waals surface area contributed by atoms with Gasteiger partial charge in [-0.15, -0.1) is 0 Å². The molecule has 0 unspecified atom stereocenters. The summed E-state index contributed by atoms with van der Waals surface area (Å²) >= 11 is 6.12. The zero-order valence-corrected chi connectivity index (χ0v) is 20.8. The topological polar surface area (TPSA) is 165 Å². The summed E-state index contributed by atoms with van der Waals surface area (Å²) in [4.78, 5) is 44.6. The molecule has 1 aliphatic rings. The van der Waals surface area contributed by atoms with Crippen LogP contribution >= 0.6 is 31.9 Å². The normalized spacial score (nSPS) is 13.4. The highest BCUT2D eigenvalue weighted by Crippen LogP contribution is 2.23. The van der Waals surface area contributed by atoms with Gasteiger partial charge in [0.1, 0.15) is 0 Å². The van der Waals surface area contributed by atoms with Crippen molar-refractivity contribution in [3.8, 4) is 0 Å². The quantitative estimate of drug-likeness (QED) is 0.356. The first-order valence-electron chi connectivity index (χ1n) is 9.79. The number of carbonyl (C=O) groups excluding carboxylic acids is 1. The first kappa shape index (κ1) is 27.3. The summed E-state index contributed by atoms with van der Waals surface area (Å²) in [5.74, 6) is -1.37. The monoisotopic (exact) mass is 602 g/mol. The maximum atomic E-state index is 12.0. The van der Waals surface area contributed by atoms with E-state index in [0.29, 0.717) is 16.6 Å². The summed E-state index contributed by atoms with van der Waals surface area (Å²) in [6.07, 6.45) is 0. The molecule has 2 N–H and O–H groups in total. The van der Waals surface area contributed by atoms with Crippen molar-refractivity contribution in [3.05, 3.63) is 76.7 Å². The Morgan fingerprint density at radius 1 is 0.971 bits per heavy atom. The second-order valence-corrected chi connectivity index (χ2v) is 8.57. The number of carboxylic acids is 1. The minimum atomic E-state index is -1.12. The number of aromatic carboxylic acids is 1. The number of nitrogens with zero attached hydrogens (tertiary/aromatic N) is 3. The number of nitro benzene ring substituents is 2. The molecule has 1 aliphatic heterocycles. The molecule has 182 valence electrons. The molecule has 2 aromatic carbocycles. The SMILES string of the molecule is O=C(NCCN1CCOCC1)c1ccc([N+](=O)[O-])cc1Br.O=C(O)c1ccc([N+](=O)[O-])cc1Br. The summed E-state index contributed by atoms with van der Waals surface area (Å²) in [7, 11) is 0. The molecule has 0 bridgehead atoms. The molecule has 1 fully saturated rings. The molecule has 34 heavy (non-hydrogen) atoms. The molecule has 1 saturated heterocycles. The van der Waals surface area contributed by atoms with E-state index in [1.165, 1.54) is 24.3 Å². The predicted octanol–water partition coefficient (Wildman–Crippen LogP) is 3.47. The second-order valence-electron chi connectivity index (χ2n) is 6.86. The summed E-state index contributed by atoms with van der Waals surface area (Å²) in [6, 6.07) is 7.59. The maximum Gasteiger partial charge on any atom is 0.336 e. The standard InChI is InChI=1S/C13H16BrN3O4.C7H4BrNO4/c14-12-9-10(17(19)20)1-2-11(12)13(18)15-3-4-16-5-7-21-8-6-16;8-6-3-4(9(12)13)1-2-5(6)7(10)11/h1-2,9H,3-8H2,(H,15,18);1-3H,(H,10,11). The summed E-state index contributed by atoms with van der Waals surface area (Å²) in [5, 5.41) is 32.3. The van der Waals surface area contributed by atoms with Gasteiger partial charge in [-0.2, -0.15) is 0 Å². The van der Waals surface area contributed by atoms with Crippen LogP contribution in [0.1, 0.15) is 20.7 Å². The van der Waals surface area contributed by atoms with Gasteiger partial charge in [-0.25, -0.2) is 4.79 Å². The molecule has 0 radical (unpaired) electrons. The Hall–Kier alpha value is -2.94. The van der Waals surface area contributed by atoms with Crippen molar-refractivity contribution in [2.24, 2.45) is 0 Å². The van der Waals surface area contributed by atoms with Gasteiger partial charge in [0.25, 0.3) is 17.3 Å². The molecule has 14 heteroatoms. The molecule has 1 amide bonds. The molecule has 0 atom stereocenters. The van der Waals surface area contributed by atoms with E-state index in [1.54, 1.807) is 0 Å². The van der Waals surface area contributed by atoms with E-state index in [0.717, 1.165) is 45.0 Å². The van der Waals surface area contributed by atoms with E-state index >= 15 is 0 Å². The second kappa shape index (κ2) is 13.1. The van der Waals surface area contributed by atoms with E-state index in [2.05, 4.69) is 42.1 Å². The van der Waals surface area contributed by atoms with E-state index < -0.39 is 15.8 Å². The zero-order valence-electron chi connectivity index (χ0n) is 17.6. The van der Waals surface area contributed by atoms with Gasteiger partial charge in [-0.1, -0.05) is 0 Å². The lowest BCUT2D eigenvalue weighted by Crippen LogP contribution is -2.41. The van der Waals surface area contributed by atoms with Crippen LogP contribution in [0.4, 0.5) is 11.4 Å². The molecule has 0 aromatic heterocycles. The van der Waals surface area contributed by atoms with Crippen LogP contribution in [0, 0.1) is 20.2 Å². The third kappa shape index (κ3) is 8.13. The zero-order chi connectivity index (χ0) is 25.3. The number of nitro groups is 2. The summed E-state index contributed by atoms with van der Waals surface area (Å²) in [5.41, 5.74) is 0.205. The fourth-order valence-corrected chi connectivity index (χ4v) is 3.92. The summed E-state index contributed by atoms with van der Waals surface area (Å²) in [6.45, 7) is 4.49. The molecule has 2 aromatic rings. The van der Waals surface area contributed by atoms with Crippen LogP contribution in [0.2, 0.25) is 0 Å². The van der Waals surface area contributed by atoms with Crippen molar-refractivity contribution in [3.63, 3.8) is 0 Å². The number of carboxylic acid groups (broad SMARTS) is 1. The highest BCUT2D eigenvalue weighted by Gasteiger charge is 2.16. The number of morpholine rings is 1. The first-order valence-corrected chi connectivity index (χ1v) is 11.4. The Balaban J connectivity index is 0.000000270. The number of amides is 1. The van der Waals surface area contributed by atoms with E-state index in [-0.39, 0.29) is 27.3 Å². The van der Waals surface area contributed by atoms with Gasteiger partial charge in [-0.05, 0) is 44.0 Å². The number of halogens is 2. The van der Waals surface area contributed by atoms with Crippen molar-refractivity contribution < 1.29 is 29.3 Å². The number of non-ortho nitro benzene ring substituents is 2. The highest BCUT2D eigenvalue weighted by molar-refractivity contribution is 9.10. The number of benzene rings is 2. The van der Waals surface area contributed by atoms with Crippen LogP contribution in [-0.4, -0.2) is 71.1 Å². The molecular weight excluding hydrogens is 584 g/mol. The van der Waals surface area contributed by atoms with Crippen LogP contribution in [0.25, 0.3) is 0 Å². The van der Waals surface area contributed by atoms with Gasteiger partial charge >= 0.3 is 5.97 Å². The van der Waals surface area contributed by atoms with Crippen LogP contribution in [0.5, 0.6) is 0 Å². The number of carbonyl (C=O) groups is 2. The maximum absolute atomic E-state index is 12.0. The number of rotatable bonds is 7. The molecule has 3 rings (SSSR count). The Morgan fingerprint density at radius 2 is 1.47 bits per heavy atom. The van der Waals surface area contributed by atoms with Crippen molar-refractivity contribution in [1.29, 1.82) is 0 Å². The Bertz CT molecular complexity index is 1080. The van der Waals surface area contributed by atoms with Crippen molar-refractivity contribution in [1.82, 2.24) is 10.2 Å². The number of ether oxygens (including phenoxy) is 1. The Morgan fingerprint density at radius 3 is 1.91 bits per heavy atom. The number of hydrogen-bond acceptors (Lipinski definition) is 8. The molecule has 0 saturated carbocycles. The van der Waals surface area contributed by atoms with Gasteiger partial charge in [0.2, 0.25) is 0 Å². The summed E-state index contributed by atoms with van der Waals surface area (Å²) < 4.78 is 5.87. The fourth-order valence-electron chi connectivity index (χ4n) is 2.84.